The number of pyridine rings is 1. The number of nitrogens with zero attached hydrogens (tertiary/aromatic N) is 4. The third-order valence-corrected chi connectivity index (χ3v) is 9.56. The van der Waals surface area contributed by atoms with E-state index in [0.717, 1.165) is 41.8 Å². The first kappa shape index (κ1) is 33.2. The van der Waals surface area contributed by atoms with E-state index < -0.39 is 5.54 Å². The first-order valence-corrected chi connectivity index (χ1v) is 16.6. The maximum absolute atomic E-state index is 13.5. The van der Waals surface area contributed by atoms with Gasteiger partial charge in [-0.15, -0.1) is 10.2 Å². The number of anilines is 1. The molecule has 5 N–H and O–H groups in total. The van der Waals surface area contributed by atoms with Crippen LogP contribution in [0.1, 0.15) is 81.1 Å². The molecule has 1 aliphatic carbocycles. The number of benzene rings is 2. The van der Waals surface area contributed by atoms with Crippen molar-refractivity contribution < 1.29 is 14.6 Å². The quantitative estimate of drug-likeness (QED) is 0.135. The summed E-state index contributed by atoms with van der Waals surface area (Å²) in [7, 11) is 2.02. The Balaban J connectivity index is 1.19. The molecular formula is C37H46N8O3. The highest BCUT2D eigenvalue weighted by Gasteiger charge is 2.44. The van der Waals surface area contributed by atoms with Gasteiger partial charge >= 0.3 is 6.03 Å². The van der Waals surface area contributed by atoms with Crippen molar-refractivity contribution in [2.24, 2.45) is 5.41 Å². The minimum absolute atomic E-state index is 0.0359. The molecular weight excluding hydrogens is 604 g/mol. The number of aliphatic hydroxyl groups excluding tert-OH is 1. The topological polar surface area (TPSA) is 140 Å². The Kier molecular flexibility index (Phi) is 9.26. The van der Waals surface area contributed by atoms with Crippen LogP contribution < -0.4 is 20.7 Å². The molecule has 0 bridgehead atoms. The van der Waals surface area contributed by atoms with E-state index in [-0.39, 0.29) is 30.2 Å². The van der Waals surface area contributed by atoms with E-state index in [1.807, 2.05) is 99.9 Å². The summed E-state index contributed by atoms with van der Waals surface area (Å²) in [5.41, 5.74) is 4.09. The van der Waals surface area contributed by atoms with E-state index in [1.54, 1.807) is 6.08 Å². The van der Waals surface area contributed by atoms with Crippen molar-refractivity contribution >= 4 is 23.1 Å². The number of hydrogen-bond donors (Lipinski definition) is 5. The van der Waals surface area contributed by atoms with Gasteiger partial charge in [0.1, 0.15) is 23.2 Å². The van der Waals surface area contributed by atoms with Gasteiger partial charge in [0.15, 0.2) is 11.5 Å². The second-order valence-electron chi connectivity index (χ2n) is 14.0. The summed E-state index contributed by atoms with van der Waals surface area (Å²) in [6.45, 7) is 8.78. The standard InChI is InChI=1S/C37H46N8O3/c1-24-11-13-25(14-12-24)39-32(21-31(38)36(2,3)4)41-35(47)40-29-16-17-30(28-10-7-6-9-27(28)29)48-26-15-18-33-42-43-34(45(33)22-26)37(23-46)19-8-20-44(37)5/h6-7,9-15,18,21-22,29-30,38-39,46H,8,16-17,19-20,23H2,1-5H3,(H2,40,41,47)/b32-21+,38-31?/t29-,30+,37+/m0/s1. The highest BCUT2D eigenvalue weighted by atomic mass is 16.5. The zero-order valence-corrected chi connectivity index (χ0v) is 28.4. The van der Waals surface area contributed by atoms with Gasteiger partial charge in [0, 0.05) is 22.9 Å². The maximum atomic E-state index is 13.5. The first-order chi connectivity index (χ1) is 23.0. The molecule has 3 atom stereocenters. The average molecular weight is 651 g/mol. The SMILES string of the molecule is Cc1ccc(N/C(=C\C(=N)C(C)(C)C)NC(=O)N[C@H]2CC[C@@H](Oc3ccc4nnc([C@]5(CO)CCCN5C)n4c3)c3ccccc32)cc1. The van der Waals surface area contributed by atoms with Gasteiger partial charge < -0.3 is 25.9 Å². The van der Waals surface area contributed by atoms with Crippen LogP contribution in [-0.4, -0.2) is 56.5 Å². The number of aromatic nitrogens is 3. The number of allylic oxidation sites excluding steroid dienone is 1. The predicted molar refractivity (Wildman–Crippen MR) is 187 cm³/mol. The predicted octanol–water partition coefficient (Wildman–Crippen LogP) is 6.22. The van der Waals surface area contributed by atoms with Crippen molar-refractivity contribution in [2.75, 3.05) is 25.5 Å². The number of likely N-dealkylation sites (tertiary alicyclic amines) is 1. The van der Waals surface area contributed by atoms with Crippen LogP contribution in [0.15, 0.2) is 78.8 Å². The molecule has 0 spiro atoms. The molecule has 0 saturated carbocycles. The Morgan fingerprint density at radius 3 is 2.52 bits per heavy atom. The minimum Gasteiger partial charge on any atom is -0.484 e. The van der Waals surface area contributed by atoms with E-state index >= 15 is 0 Å². The van der Waals surface area contributed by atoms with Gasteiger partial charge in [-0.25, -0.2) is 4.79 Å². The molecule has 4 aromatic rings. The average Bonchev–Trinajstić information content (AvgIpc) is 3.66. The zero-order chi connectivity index (χ0) is 34.1. The van der Waals surface area contributed by atoms with E-state index in [4.69, 9.17) is 10.1 Å². The fraction of sp³-hybridized carbons (Fsp3) is 0.405. The number of ether oxygens (including phenoxy) is 1. The third-order valence-electron chi connectivity index (χ3n) is 9.56. The lowest BCUT2D eigenvalue weighted by atomic mass is 9.85. The Morgan fingerprint density at radius 2 is 1.83 bits per heavy atom. The van der Waals surface area contributed by atoms with E-state index in [9.17, 15) is 9.90 Å². The van der Waals surface area contributed by atoms with Crippen LogP contribution >= 0.6 is 0 Å². The number of urea groups is 1. The zero-order valence-electron chi connectivity index (χ0n) is 28.4. The number of aryl methyl sites for hydroxylation is 1. The van der Waals surface area contributed by atoms with Crippen molar-refractivity contribution in [1.29, 1.82) is 5.41 Å². The first-order valence-electron chi connectivity index (χ1n) is 16.6. The summed E-state index contributed by atoms with van der Waals surface area (Å²) < 4.78 is 8.55. The van der Waals surface area contributed by atoms with Crippen LogP contribution in [0.5, 0.6) is 5.75 Å². The maximum Gasteiger partial charge on any atom is 0.320 e. The van der Waals surface area contributed by atoms with Gasteiger partial charge in [-0.2, -0.15) is 0 Å². The molecule has 0 radical (unpaired) electrons. The van der Waals surface area contributed by atoms with Crippen molar-refractivity contribution in [3.63, 3.8) is 0 Å². The molecule has 2 aliphatic rings. The number of aliphatic hydroxyl groups is 1. The molecule has 48 heavy (non-hydrogen) atoms. The Morgan fingerprint density at radius 1 is 1.08 bits per heavy atom. The second kappa shape index (κ2) is 13.4. The lowest BCUT2D eigenvalue weighted by Gasteiger charge is -2.33. The van der Waals surface area contributed by atoms with E-state index in [1.165, 1.54) is 0 Å². The van der Waals surface area contributed by atoms with Crippen LogP contribution in [-0.2, 0) is 5.54 Å². The van der Waals surface area contributed by atoms with E-state index in [0.29, 0.717) is 41.6 Å². The van der Waals surface area contributed by atoms with Crippen LogP contribution in [0.3, 0.4) is 0 Å². The molecule has 11 heteroatoms. The van der Waals surface area contributed by atoms with Crippen molar-refractivity contribution in [1.82, 2.24) is 30.1 Å². The van der Waals surface area contributed by atoms with Crippen molar-refractivity contribution in [3.8, 4) is 5.75 Å². The van der Waals surface area contributed by atoms with Gasteiger partial charge in [0.05, 0.1) is 18.8 Å². The fourth-order valence-corrected chi connectivity index (χ4v) is 6.59. The molecule has 1 saturated heterocycles. The molecule has 11 nitrogen and oxygen atoms in total. The highest BCUT2D eigenvalue weighted by molar-refractivity contribution is 5.97. The molecule has 2 aromatic heterocycles. The van der Waals surface area contributed by atoms with Gasteiger partial charge in [0.2, 0.25) is 0 Å². The normalized spacial score (nSPS) is 21.5. The van der Waals surface area contributed by atoms with Crippen molar-refractivity contribution in [3.05, 3.63) is 101 Å². The summed E-state index contributed by atoms with van der Waals surface area (Å²) in [5.74, 6) is 1.82. The number of likely N-dealkylation sites (N-methyl/N-ethyl adjacent to an activating group) is 1. The number of nitrogens with one attached hydrogen (secondary N) is 4. The second-order valence-corrected chi connectivity index (χ2v) is 14.0. The molecule has 2 amide bonds. The lowest BCUT2D eigenvalue weighted by molar-refractivity contribution is 0.0735. The Hall–Kier alpha value is -4.74. The van der Waals surface area contributed by atoms with Crippen LogP contribution in [0, 0.1) is 17.7 Å². The number of carbonyl (C=O) groups is 1. The third kappa shape index (κ3) is 6.79. The molecule has 6 rings (SSSR count). The van der Waals surface area contributed by atoms with Gasteiger partial charge in [-0.1, -0.05) is 62.7 Å². The Bertz CT molecular complexity index is 1830. The smallest absolute Gasteiger partial charge is 0.320 e. The highest BCUT2D eigenvalue weighted by Crippen LogP contribution is 2.40. The molecule has 3 heterocycles. The number of rotatable bonds is 9. The van der Waals surface area contributed by atoms with Gasteiger partial charge in [-0.3, -0.25) is 14.6 Å². The van der Waals surface area contributed by atoms with Crippen LogP contribution in [0.4, 0.5) is 10.5 Å². The summed E-state index contributed by atoms with van der Waals surface area (Å²) in [6.07, 6.45) is 6.53. The molecule has 0 unspecified atom stereocenters. The monoisotopic (exact) mass is 650 g/mol. The number of carbonyl (C=O) groups excluding carboxylic acids is 1. The summed E-state index contributed by atoms with van der Waals surface area (Å²) >= 11 is 0. The minimum atomic E-state index is -0.577. The Labute approximate surface area is 281 Å². The largest absolute Gasteiger partial charge is 0.484 e. The van der Waals surface area contributed by atoms with Gasteiger partial charge in [0.25, 0.3) is 0 Å². The lowest BCUT2D eigenvalue weighted by Crippen LogP contribution is -2.43. The van der Waals surface area contributed by atoms with Crippen molar-refractivity contribution in [2.45, 2.75) is 71.1 Å². The summed E-state index contributed by atoms with van der Waals surface area (Å²) in [6, 6.07) is 19.2. The molecule has 252 valence electrons. The number of amides is 2. The van der Waals surface area contributed by atoms with E-state index in [2.05, 4.69) is 37.1 Å². The molecule has 2 aromatic carbocycles. The summed E-state index contributed by atoms with van der Waals surface area (Å²) in [5, 5.41) is 37.3. The van der Waals surface area contributed by atoms with Gasteiger partial charge in [-0.05, 0) is 81.6 Å². The number of hydrogen-bond acceptors (Lipinski definition) is 8. The summed E-state index contributed by atoms with van der Waals surface area (Å²) in [4.78, 5) is 15.6. The fourth-order valence-electron chi connectivity index (χ4n) is 6.59. The molecule has 1 fully saturated rings. The van der Waals surface area contributed by atoms with Crippen LogP contribution in [0.25, 0.3) is 5.65 Å². The van der Waals surface area contributed by atoms with Crippen LogP contribution in [0.2, 0.25) is 0 Å². The number of fused-ring (bicyclic) bond motifs is 2. The molecule has 1 aliphatic heterocycles.